The molecule has 0 saturated carbocycles. The van der Waals surface area contributed by atoms with Crippen LogP contribution in [0.25, 0.3) is 11.1 Å². The molecule has 12 heteroatoms. The summed E-state index contributed by atoms with van der Waals surface area (Å²) in [5.41, 5.74) is -0.483. The molecule has 1 heterocycles. The van der Waals surface area contributed by atoms with Crippen LogP contribution < -0.4 is 10.5 Å². The Kier molecular flexibility index (Phi) is 9.18. The van der Waals surface area contributed by atoms with Crippen LogP contribution in [-0.2, 0) is 27.4 Å². The molecule has 0 fully saturated rings. The second-order valence-electron chi connectivity index (χ2n) is 10.2. The first-order valence-electron chi connectivity index (χ1n) is 12.1. The van der Waals surface area contributed by atoms with Crippen molar-refractivity contribution in [2.45, 2.75) is 39.0 Å². The number of rotatable bonds is 7. The van der Waals surface area contributed by atoms with Crippen LogP contribution in [0, 0.1) is 5.82 Å². The van der Waals surface area contributed by atoms with Crippen LogP contribution in [0.5, 0.6) is 0 Å². The zero-order valence-electron chi connectivity index (χ0n) is 22.8. The molecule has 0 aliphatic heterocycles. The second kappa shape index (κ2) is 11.7. The van der Waals surface area contributed by atoms with E-state index in [-0.39, 0.29) is 49.5 Å². The average molecular weight is 612 g/mol. The third-order valence-corrected chi connectivity index (χ3v) is 8.16. The lowest BCUT2D eigenvalue weighted by Gasteiger charge is -2.26. The first-order chi connectivity index (χ1) is 18.4. The molecule has 0 unspecified atom stereocenters. The molecule has 0 saturated heterocycles. The van der Waals surface area contributed by atoms with Crippen molar-refractivity contribution in [3.63, 3.8) is 0 Å². The maximum absolute atomic E-state index is 13.9. The van der Waals surface area contributed by atoms with Crippen LogP contribution in [0.15, 0.2) is 47.4 Å². The summed E-state index contributed by atoms with van der Waals surface area (Å²) in [5, 5.41) is -0.435. The van der Waals surface area contributed by atoms with Gasteiger partial charge in [-0.1, -0.05) is 42.3 Å². The molecule has 0 bridgehead atoms. The molecule has 1 amide bonds. The molecule has 0 aliphatic carbocycles. The van der Waals surface area contributed by atoms with Crippen LogP contribution in [0.2, 0.25) is 10.0 Å². The van der Waals surface area contributed by atoms with E-state index in [4.69, 9.17) is 27.9 Å². The quantitative estimate of drug-likeness (QED) is 0.302. The number of aromatic nitrogens is 1. The van der Waals surface area contributed by atoms with E-state index >= 15 is 0 Å². The number of benzene rings is 2. The number of aryl methyl sites for hydroxylation is 1. The van der Waals surface area contributed by atoms with Gasteiger partial charge in [-0.15, -0.1) is 0 Å². The van der Waals surface area contributed by atoms with Gasteiger partial charge in [-0.3, -0.25) is 14.5 Å². The van der Waals surface area contributed by atoms with E-state index in [1.807, 2.05) is 0 Å². The van der Waals surface area contributed by atoms with Gasteiger partial charge in [0.2, 0.25) is 0 Å². The Balaban J connectivity index is 2.35. The Hall–Kier alpha value is -3.21. The molecule has 40 heavy (non-hydrogen) atoms. The molecular weight excluding hydrogens is 582 g/mol. The Morgan fingerprint density at radius 1 is 1.05 bits per heavy atom. The summed E-state index contributed by atoms with van der Waals surface area (Å²) >= 11 is 12.4. The van der Waals surface area contributed by atoms with E-state index in [0.717, 1.165) is 17.0 Å². The van der Waals surface area contributed by atoms with E-state index in [2.05, 4.69) is 0 Å². The van der Waals surface area contributed by atoms with E-state index in [0.29, 0.717) is 5.56 Å². The fraction of sp³-hybridized carbons (Fsp3) is 0.321. The Morgan fingerprint density at radius 2 is 1.65 bits per heavy atom. The third kappa shape index (κ3) is 7.10. The molecule has 0 atom stereocenters. The lowest BCUT2D eigenvalue weighted by Crippen LogP contribution is -2.35. The summed E-state index contributed by atoms with van der Waals surface area (Å²) < 4.78 is 45.4. The Labute approximate surface area is 242 Å². The largest absolute Gasteiger partial charge is 0.443 e. The van der Waals surface area contributed by atoms with Gasteiger partial charge in [0.15, 0.2) is 15.6 Å². The molecule has 3 rings (SSSR count). The maximum atomic E-state index is 13.9. The number of hydrogen-bond acceptors (Lipinski definition) is 6. The fourth-order valence-corrected chi connectivity index (χ4v) is 5.41. The van der Waals surface area contributed by atoms with Crippen molar-refractivity contribution in [3.05, 3.63) is 85.5 Å². The van der Waals surface area contributed by atoms with Gasteiger partial charge in [0.25, 0.3) is 5.56 Å². The van der Waals surface area contributed by atoms with E-state index in [9.17, 15) is 27.2 Å². The van der Waals surface area contributed by atoms with E-state index < -0.39 is 38.7 Å². The molecule has 3 aromatic rings. The van der Waals surface area contributed by atoms with Gasteiger partial charge in [-0.05, 0) is 50.1 Å². The predicted octanol–water partition coefficient (Wildman–Crippen LogP) is 6.04. The summed E-state index contributed by atoms with van der Waals surface area (Å²) in [6.07, 6.45) is 0.667. The van der Waals surface area contributed by atoms with Crippen molar-refractivity contribution in [2.24, 2.45) is 7.05 Å². The Morgan fingerprint density at radius 3 is 2.20 bits per heavy atom. The number of pyridine rings is 1. The van der Waals surface area contributed by atoms with Gasteiger partial charge in [-0.2, -0.15) is 0 Å². The molecule has 0 aliphatic rings. The molecule has 8 nitrogen and oxygen atoms in total. The highest BCUT2D eigenvalue weighted by Crippen LogP contribution is 2.37. The predicted molar refractivity (Wildman–Crippen MR) is 155 cm³/mol. The zero-order valence-corrected chi connectivity index (χ0v) is 25.2. The molecule has 0 N–H and O–H groups in total. The summed E-state index contributed by atoms with van der Waals surface area (Å²) in [6, 6.07) is 7.51. The van der Waals surface area contributed by atoms with Gasteiger partial charge < -0.3 is 9.30 Å². The first-order valence-corrected chi connectivity index (χ1v) is 14.7. The number of hydrogen-bond donors (Lipinski definition) is 0. The monoisotopic (exact) mass is 610 g/mol. The fourth-order valence-electron chi connectivity index (χ4n) is 3.89. The topological polar surface area (TPSA) is 103 Å². The van der Waals surface area contributed by atoms with E-state index in [1.165, 1.54) is 56.0 Å². The molecule has 0 radical (unpaired) electrons. The van der Waals surface area contributed by atoms with Crippen LogP contribution in [-0.4, -0.2) is 43.3 Å². The minimum absolute atomic E-state index is 0.0329. The van der Waals surface area contributed by atoms with Gasteiger partial charge >= 0.3 is 6.09 Å². The molecule has 214 valence electrons. The van der Waals surface area contributed by atoms with Crippen molar-refractivity contribution < 1.29 is 27.1 Å². The maximum Gasteiger partial charge on any atom is 0.414 e. The highest BCUT2D eigenvalue weighted by atomic mass is 35.5. The molecular formula is C28H29Cl2FN2O6S. The number of carbonyl (C=O) groups is 2. The van der Waals surface area contributed by atoms with Crippen LogP contribution in [0.1, 0.15) is 49.2 Å². The number of sulfone groups is 1. The summed E-state index contributed by atoms with van der Waals surface area (Å²) in [6.45, 7) is 6.59. The van der Waals surface area contributed by atoms with Crippen molar-refractivity contribution in [2.75, 3.05) is 17.7 Å². The van der Waals surface area contributed by atoms with Gasteiger partial charge in [0, 0.05) is 43.2 Å². The Bertz CT molecular complexity index is 1640. The second-order valence-corrected chi connectivity index (χ2v) is 13.4. The highest BCUT2D eigenvalue weighted by Gasteiger charge is 2.27. The van der Waals surface area contributed by atoms with Gasteiger partial charge in [0.1, 0.15) is 11.4 Å². The lowest BCUT2D eigenvalue weighted by molar-refractivity contribution is 0.0589. The number of halogens is 3. The van der Waals surface area contributed by atoms with Crippen LogP contribution >= 0.6 is 23.2 Å². The van der Waals surface area contributed by atoms with Crippen LogP contribution in [0.4, 0.5) is 14.9 Å². The number of carbonyl (C=O) groups excluding carboxylic acids is 2. The number of nitrogens with zero attached hydrogens (tertiary/aromatic N) is 2. The number of anilines is 1. The van der Waals surface area contributed by atoms with Crippen molar-refractivity contribution in [1.29, 1.82) is 0 Å². The number of ketones is 1. The average Bonchev–Trinajstić information content (AvgIpc) is 2.83. The zero-order chi connectivity index (χ0) is 30.2. The normalized spacial score (nSPS) is 11.8. The smallest absolute Gasteiger partial charge is 0.414 e. The van der Waals surface area contributed by atoms with Gasteiger partial charge in [-0.25, -0.2) is 17.6 Å². The van der Waals surface area contributed by atoms with Crippen molar-refractivity contribution in [1.82, 2.24) is 4.57 Å². The lowest BCUT2D eigenvalue weighted by atomic mass is 9.92. The first kappa shape index (κ1) is 31.3. The third-order valence-electron chi connectivity index (χ3n) is 5.91. The van der Waals surface area contributed by atoms with E-state index in [1.54, 1.807) is 20.8 Å². The number of amides is 1. The van der Waals surface area contributed by atoms with Gasteiger partial charge in [0.05, 0.1) is 27.0 Å². The molecule has 1 aromatic heterocycles. The standard InChI is InChI=1S/C28H29Cl2FN2O6S/c1-7-40(37,38)15-16-8-9-18(26(35)25-21(29)11-17(31)12-22(25)30)19(10-16)20-14-32(5)24(34)13-23(20)33(6)27(36)39-28(2,3)4/h8-14H,7,15H2,1-6H3. The summed E-state index contributed by atoms with van der Waals surface area (Å²) in [7, 11) is -0.559. The molecule has 2 aromatic carbocycles. The van der Waals surface area contributed by atoms with Crippen molar-refractivity contribution >= 4 is 50.6 Å². The van der Waals surface area contributed by atoms with Crippen molar-refractivity contribution in [3.8, 4) is 11.1 Å². The minimum atomic E-state index is -3.46. The SMILES string of the molecule is CCS(=O)(=O)Cc1ccc(C(=O)c2c(Cl)cc(F)cc2Cl)c(-c2cn(C)c(=O)cc2N(C)C(=O)OC(C)(C)C)c1. The van der Waals surface area contributed by atoms with Crippen LogP contribution in [0.3, 0.4) is 0 Å². The minimum Gasteiger partial charge on any atom is -0.443 e. The highest BCUT2D eigenvalue weighted by molar-refractivity contribution is 7.90. The number of ether oxygens (including phenoxy) is 1. The molecule has 0 spiro atoms. The summed E-state index contributed by atoms with van der Waals surface area (Å²) in [4.78, 5) is 40.6. The summed E-state index contributed by atoms with van der Waals surface area (Å²) in [5.74, 6) is -1.82.